The van der Waals surface area contributed by atoms with Crippen LogP contribution in [0.25, 0.3) is 0 Å². The third kappa shape index (κ3) is 3.88. The molecule has 1 heterocycles. The number of aryl methyl sites for hydroxylation is 2. The third-order valence-electron chi connectivity index (χ3n) is 3.66. The highest BCUT2D eigenvalue weighted by atomic mass is 32.2. The van der Waals surface area contributed by atoms with Gasteiger partial charge in [-0.1, -0.05) is 0 Å². The quantitative estimate of drug-likeness (QED) is 0.509. The van der Waals surface area contributed by atoms with E-state index in [0.717, 1.165) is 16.3 Å². The molecule has 0 aliphatic heterocycles. The van der Waals surface area contributed by atoms with Gasteiger partial charge in [-0.2, -0.15) is 0 Å². The molecule has 124 valence electrons. The van der Waals surface area contributed by atoms with Crippen molar-refractivity contribution in [2.45, 2.75) is 36.4 Å². The number of amides is 1. The van der Waals surface area contributed by atoms with Crippen molar-refractivity contribution in [3.63, 3.8) is 0 Å². The molecule has 7 nitrogen and oxygen atoms in total. The highest BCUT2D eigenvalue weighted by Gasteiger charge is 2.53. The van der Waals surface area contributed by atoms with E-state index in [2.05, 4.69) is 15.3 Å². The van der Waals surface area contributed by atoms with Crippen molar-refractivity contribution in [2.75, 3.05) is 5.32 Å². The van der Waals surface area contributed by atoms with E-state index in [1.165, 1.54) is 11.8 Å². The average molecular weight is 344 g/mol. The molecular weight excluding hydrogens is 328 g/mol. The molecule has 1 amide bonds. The normalized spacial score (nSPS) is 18.9. The molecule has 0 spiro atoms. The number of hydrogen-bond donors (Lipinski definition) is 1. The first-order valence-corrected chi connectivity index (χ1v) is 8.28. The van der Waals surface area contributed by atoms with Crippen LogP contribution < -0.4 is 5.32 Å². The Labute approximate surface area is 143 Å². The number of rotatable bonds is 5. The van der Waals surface area contributed by atoms with E-state index in [1.807, 2.05) is 32.0 Å². The van der Waals surface area contributed by atoms with Crippen molar-refractivity contribution >= 4 is 23.4 Å². The van der Waals surface area contributed by atoms with Crippen molar-refractivity contribution in [1.82, 2.24) is 9.97 Å². The number of nitrogens with one attached hydrogen (secondary N) is 1. The predicted octanol–water partition coefficient (Wildman–Crippen LogP) is 2.85. The molecule has 1 fully saturated rings. The van der Waals surface area contributed by atoms with Gasteiger partial charge in [0, 0.05) is 33.3 Å². The van der Waals surface area contributed by atoms with E-state index in [9.17, 15) is 14.9 Å². The Morgan fingerprint density at radius 3 is 2.42 bits per heavy atom. The topological polar surface area (TPSA) is 98.0 Å². The SMILES string of the molecule is Cc1cc(C)nc(Sc2ccc(NC(=O)C3CC3[N+](=O)[O-])cc2)n1. The fraction of sp³-hybridized carbons (Fsp3) is 0.312. The van der Waals surface area contributed by atoms with Gasteiger partial charge in [-0.05, 0) is 55.9 Å². The number of carbonyl (C=O) groups is 1. The van der Waals surface area contributed by atoms with Gasteiger partial charge in [0.05, 0.1) is 0 Å². The first-order chi connectivity index (χ1) is 11.4. The first-order valence-electron chi connectivity index (χ1n) is 7.47. The highest BCUT2D eigenvalue weighted by molar-refractivity contribution is 7.99. The molecule has 1 aliphatic carbocycles. The minimum Gasteiger partial charge on any atom is -0.326 e. The molecule has 1 saturated carbocycles. The van der Waals surface area contributed by atoms with E-state index in [0.29, 0.717) is 17.3 Å². The van der Waals surface area contributed by atoms with Gasteiger partial charge in [-0.3, -0.25) is 14.9 Å². The van der Waals surface area contributed by atoms with Crippen LogP contribution in [-0.4, -0.2) is 26.8 Å². The molecule has 1 aliphatic rings. The average Bonchev–Trinajstić information content (AvgIpc) is 3.29. The first kappa shape index (κ1) is 16.4. The third-order valence-corrected chi connectivity index (χ3v) is 4.53. The molecule has 1 N–H and O–H groups in total. The van der Waals surface area contributed by atoms with Gasteiger partial charge in [0.25, 0.3) is 0 Å². The largest absolute Gasteiger partial charge is 0.326 e. The zero-order chi connectivity index (χ0) is 17.3. The number of anilines is 1. The van der Waals surface area contributed by atoms with Gasteiger partial charge in [0.1, 0.15) is 5.92 Å². The minimum absolute atomic E-state index is 0.297. The number of nitro groups is 1. The fourth-order valence-corrected chi connectivity index (χ4v) is 3.24. The molecule has 8 heteroatoms. The van der Waals surface area contributed by atoms with Crippen LogP contribution in [0, 0.1) is 29.9 Å². The summed E-state index contributed by atoms with van der Waals surface area (Å²) in [5.74, 6) is -0.813. The van der Waals surface area contributed by atoms with Crippen LogP contribution >= 0.6 is 11.8 Å². The summed E-state index contributed by atoms with van der Waals surface area (Å²) in [6, 6.07) is 8.44. The maximum absolute atomic E-state index is 11.9. The second-order valence-corrected chi connectivity index (χ2v) is 6.78. The summed E-state index contributed by atoms with van der Waals surface area (Å²) in [4.78, 5) is 31.8. The predicted molar refractivity (Wildman–Crippen MR) is 89.6 cm³/mol. The number of benzene rings is 1. The molecule has 2 aromatic rings. The number of nitrogens with zero attached hydrogens (tertiary/aromatic N) is 3. The summed E-state index contributed by atoms with van der Waals surface area (Å²) in [5, 5.41) is 14.0. The van der Waals surface area contributed by atoms with Gasteiger partial charge in [0.2, 0.25) is 11.9 Å². The summed E-state index contributed by atoms with van der Waals surface area (Å²) < 4.78 is 0. The highest BCUT2D eigenvalue weighted by Crippen LogP contribution is 2.34. The Morgan fingerprint density at radius 1 is 1.25 bits per heavy atom. The zero-order valence-corrected chi connectivity index (χ0v) is 14.0. The lowest BCUT2D eigenvalue weighted by Gasteiger charge is -2.06. The molecule has 0 radical (unpaired) electrons. The Kier molecular flexibility index (Phi) is 4.48. The summed E-state index contributed by atoms with van der Waals surface area (Å²) >= 11 is 1.44. The second kappa shape index (κ2) is 6.56. The van der Waals surface area contributed by atoms with E-state index in [4.69, 9.17) is 0 Å². The van der Waals surface area contributed by atoms with Crippen LogP contribution in [0.5, 0.6) is 0 Å². The zero-order valence-electron chi connectivity index (χ0n) is 13.2. The monoisotopic (exact) mass is 344 g/mol. The minimum atomic E-state index is -0.735. The lowest BCUT2D eigenvalue weighted by Crippen LogP contribution is -2.18. The lowest BCUT2D eigenvalue weighted by molar-refractivity contribution is -0.497. The number of aromatic nitrogens is 2. The molecule has 0 saturated heterocycles. The molecule has 2 atom stereocenters. The summed E-state index contributed by atoms with van der Waals surface area (Å²) in [7, 11) is 0. The summed E-state index contributed by atoms with van der Waals surface area (Å²) in [5.41, 5.74) is 2.46. The Bertz CT molecular complexity index is 774. The van der Waals surface area contributed by atoms with Crippen LogP contribution in [0.2, 0.25) is 0 Å². The van der Waals surface area contributed by atoms with Crippen LogP contribution in [0.1, 0.15) is 17.8 Å². The molecule has 1 aromatic heterocycles. The second-order valence-electron chi connectivity index (χ2n) is 5.74. The summed E-state index contributed by atoms with van der Waals surface area (Å²) in [6.45, 7) is 3.85. The lowest BCUT2D eigenvalue weighted by atomic mass is 10.3. The molecule has 24 heavy (non-hydrogen) atoms. The van der Waals surface area contributed by atoms with E-state index in [-0.39, 0.29) is 5.91 Å². The van der Waals surface area contributed by atoms with Gasteiger partial charge >= 0.3 is 0 Å². The van der Waals surface area contributed by atoms with E-state index < -0.39 is 16.9 Å². The Balaban J connectivity index is 1.61. The van der Waals surface area contributed by atoms with Gasteiger partial charge in [0.15, 0.2) is 5.16 Å². The van der Waals surface area contributed by atoms with Gasteiger partial charge in [-0.15, -0.1) is 0 Å². The van der Waals surface area contributed by atoms with Crippen LogP contribution in [0.3, 0.4) is 0 Å². The Morgan fingerprint density at radius 2 is 1.88 bits per heavy atom. The molecule has 0 bridgehead atoms. The number of hydrogen-bond acceptors (Lipinski definition) is 6. The van der Waals surface area contributed by atoms with Crippen LogP contribution in [0.4, 0.5) is 5.69 Å². The van der Waals surface area contributed by atoms with E-state index >= 15 is 0 Å². The van der Waals surface area contributed by atoms with Crippen molar-refractivity contribution in [3.8, 4) is 0 Å². The maximum atomic E-state index is 11.9. The van der Waals surface area contributed by atoms with Crippen molar-refractivity contribution in [2.24, 2.45) is 5.92 Å². The molecular formula is C16H16N4O3S. The standard InChI is InChI=1S/C16H16N4O3S/c1-9-7-10(2)18-16(17-9)24-12-5-3-11(4-6-12)19-15(21)13-8-14(13)20(22)23/h3-7,13-14H,8H2,1-2H3,(H,19,21). The van der Waals surface area contributed by atoms with E-state index in [1.54, 1.807) is 12.1 Å². The van der Waals surface area contributed by atoms with Crippen molar-refractivity contribution < 1.29 is 9.72 Å². The van der Waals surface area contributed by atoms with Crippen LogP contribution in [0.15, 0.2) is 40.4 Å². The fourth-order valence-electron chi connectivity index (χ4n) is 2.38. The maximum Gasteiger partial charge on any atom is 0.234 e. The van der Waals surface area contributed by atoms with Crippen molar-refractivity contribution in [3.05, 3.63) is 51.8 Å². The van der Waals surface area contributed by atoms with Gasteiger partial charge < -0.3 is 5.32 Å². The van der Waals surface area contributed by atoms with Crippen LogP contribution in [-0.2, 0) is 4.79 Å². The molecule has 2 unspecified atom stereocenters. The van der Waals surface area contributed by atoms with Gasteiger partial charge in [-0.25, -0.2) is 9.97 Å². The Hall–Kier alpha value is -2.48. The van der Waals surface area contributed by atoms with Crippen molar-refractivity contribution in [1.29, 1.82) is 0 Å². The smallest absolute Gasteiger partial charge is 0.234 e. The molecule has 3 rings (SSSR count). The number of carbonyl (C=O) groups excluding carboxylic acids is 1. The summed E-state index contributed by atoms with van der Waals surface area (Å²) in [6.07, 6.45) is 0.316. The molecule has 1 aromatic carbocycles.